The van der Waals surface area contributed by atoms with Gasteiger partial charge >= 0.3 is 12.1 Å². The Kier molecular flexibility index (Phi) is 8.61. The molecule has 0 spiro atoms. The first kappa shape index (κ1) is 23.9. The quantitative estimate of drug-likeness (QED) is 0.474. The van der Waals surface area contributed by atoms with Crippen molar-refractivity contribution in [3.8, 4) is 5.75 Å². The molecule has 7 heteroatoms. The van der Waals surface area contributed by atoms with Crippen molar-refractivity contribution in [2.75, 3.05) is 7.11 Å². The van der Waals surface area contributed by atoms with Crippen LogP contribution in [0.4, 0.5) is 4.79 Å². The largest absolute Gasteiger partial charge is 0.489 e. The van der Waals surface area contributed by atoms with Crippen molar-refractivity contribution in [1.29, 1.82) is 0 Å². The maximum Gasteiger partial charge on any atom is 0.408 e. The average Bonchev–Trinajstić information content (AvgIpc) is 2.74. The van der Waals surface area contributed by atoms with E-state index in [0.29, 0.717) is 17.9 Å². The Morgan fingerprint density at radius 1 is 0.968 bits per heavy atom. The number of amides is 1. The van der Waals surface area contributed by atoms with E-state index in [1.807, 2.05) is 30.3 Å². The smallest absolute Gasteiger partial charge is 0.408 e. The summed E-state index contributed by atoms with van der Waals surface area (Å²) in [6.07, 6.45) is -0.591. The number of benzene rings is 2. The Morgan fingerprint density at radius 3 is 2.19 bits per heavy atom. The first-order valence-corrected chi connectivity index (χ1v) is 10.1. The van der Waals surface area contributed by atoms with Gasteiger partial charge in [0.15, 0.2) is 5.78 Å². The number of methoxy groups -OCH3 is 1. The lowest BCUT2D eigenvalue weighted by molar-refractivity contribution is -0.143. The Bertz CT molecular complexity index is 871. The molecule has 0 saturated carbocycles. The molecule has 2 aromatic rings. The first-order valence-electron chi connectivity index (χ1n) is 10.1. The molecule has 2 aromatic carbocycles. The molecule has 0 unspecified atom stereocenters. The monoisotopic (exact) mass is 427 g/mol. The van der Waals surface area contributed by atoms with Gasteiger partial charge in [0, 0.05) is 12.0 Å². The highest BCUT2D eigenvalue weighted by Gasteiger charge is 2.25. The minimum Gasteiger partial charge on any atom is -0.489 e. The number of carbonyl (C=O) groups excluding carboxylic acids is 3. The second-order valence-corrected chi connectivity index (χ2v) is 7.98. The summed E-state index contributed by atoms with van der Waals surface area (Å²) in [6.45, 7) is 5.59. The Hall–Kier alpha value is -3.35. The topological polar surface area (TPSA) is 90.9 Å². The number of carbonyl (C=O) groups is 3. The third-order valence-electron chi connectivity index (χ3n) is 4.26. The molecule has 0 bridgehead atoms. The molecule has 0 saturated heterocycles. The van der Waals surface area contributed by atoms with Crippen LogP contribution in [0.2, 0.25) is 0 Å². The minimum atomic E-state index is -0.975. The number of Topliss-reactive ketones (excluding diaryl/α,β-unsaturated/α-hetero) is 1. The number of esters is 1. The van der Waals surface area contributed by atoms with Gasteiger partial charge in [0.25, 0.3) is 0 Å². The van der Waals surface area contributed by atoms with Crippen molar-refractivity contribution < 1.29 is 28.6 Å². The Morgan fingerprint density at radius 2 is 1.61 bits per heavy atom. The van der Waals surface area contributed by atoms with Crippen LogP contribution >= 0.6 is 0 Å². The third kappa shape index (κ3) is 8.50. The molecule has 0 aliphatic carbocycles. The number of nitrogens with one attached hydrogen (secondary N) is 1. The molecule has 0 aliphatic rings. The van der Waals surface area contributed by atoms with Crippen LogP contribution in [-0.2, 0) is 20.9 Å². The standard InChI is InChI=1S/C24H29NO6/c1-24(2,3)31-23(28)25-20(22(27)29-4)14-15-21(26)18-10-12-19(13-11-18)30-16-17-8-6-5-7-9-17/h5-13,20H,14-16H2,1-4H3,(H,25,28)/t20-/m0/s1. The maximum absolute atomic E-state index is 12.5. The molecule has 0 fully saturated rings. The van der Waals surface area contributed by atoms with Gasteiger partial charge in [0.2, 0.25) is 0 Å². The highest BCUT2D eigenvalue weighted by Crippen LogP contribution is 2.16. The van der Waals surface area contributed by atoms with Crippen molar-refractivity contribution in [2.24, 2.45) is 0 Å². The molecule has 1 atom stereocenters. The summed E-state index contributed by atoms with van der Waals surface area (Å²) in [6, 6.07) is 15.6. The van der Waals surface area contributed by atoms with Gasteiger partial charge in [-0.25, -0.2) is 9.59 Å². The molecular weight excluding hydrogens is 398 g/mol. The SMILES string of the molecule is COC(=O)[C@H](CCC(=O)c1ccc(OCc2ccccc2)cc1)NC(=O)OC(C)(C)C. The van der Waals surface area contributed by atoms with Crippen LogP contribution in [0.15, 0.2) is 54.6 Å². The summed E-state index contributed by atoms with van der Waals surface area (Å²) in [5.74, 6) is -0.141. The van der Waals surface area contributed by atoms with Crippen molar-refractivity contribution in [2.45, 2.75) is 51.9 Å². The molecule has 7 nitrogen and oxygen atoms in total. The van der Waals surface area contributed by atoms with Crippen molar-refractivity contribution >= 4 is 17.8 Å². The molecule has 0 aliphatic heterocycles. The summed E-state index contributed by atoms with van der Waals surface area (Å²) >= 11 is 0. The summed E-state index contributed by atoms with van der Waals surface area (Å²) in [7, 11) is 1.22. The van der Waals surface area contributed by atoms with Crippen LogP contribution in [0.1, 0.15) is 49.5 Å². The zero-order valence-corrected chi connectivity index (χ0v) is 18.3. The van der Waals surface area contributed by atoms with E-state index in [1.54, 1.807) is 45.0 Å². The van der Waals surface area contributed by atoms with Gasteiger partial charge in [-0.15, -0.1) is 0 Å². The van der Waals surface area contributed by atoms with Crippen LogP contribution in [0.5, 0.6) is 5.75 Å². The van der Waals surface area contributed by atoms with E-state index >= 15 is 0 Å². The number of ketones is 1. The lowest BCUT2D eigenvalue weighted by Crippen LogP contribution is -2.44. The highest BCUT2D eigenvalue weighted by molar-refractivity contribution is 5.96. The van der Waals surface area contributed by atoms with E-state index in [2.05, 4.69) is 5.32 Å². The van der Waals surface area contributed by atoms with Gasteiger partial charge in [-0.2, -0.15) is 0 Å². The molecule has 31 heavy (non-hydrogen) atoms. The van der Waals surface area contributed by atoms with Gasteiger partial charge in [-0.1, -0.05) is 30.3 Å². The van der Waals surface area contributed by atoms with Crippen LogP contribution in [-0.4, -0.2) is 36.6 Å². The average molecular weight is 427 g/mol. The van der Waals surface area contributed by atoms with E-state index in [4.69, 9.17) is 14.2 Å². The van der Waals surface area contributed by atoms with E-state index in [9.17, 15) is 14.4 Å². The fourth-order valence-corrected chi connectivity index (χ4v) is 2.74. The highest BCUT2D eigenvalue weighted by atomic mass is 16.6. The lowest BCUT2D eigenvalue weighted by atomic mass is 10.0. The number of ether oxygens (including phenoxy) is 3. The first-order chi connectivity index (χ1) is 14.7. The van der Waals surface area contributed by atoms with Gasteiger partial charge in [-0.05, 0) is 57.0 Å². The fraction of sp³-hybridized carbons (Fsp3) is 0.375. The molecule has 2 rings (SSSR count). The summed E-state index contributed by atoms with van der Waals surface area (Å²) in [4.78, 5) is 36.5. The molecule has 0 aromatic heterocycles. The van der Waals surface area contributed by atoms with Gasteiger partial charge in [0.05, 0.1) is 7.11 Å². The predicted octanol–water partition coefficient (Wildman–Crippen LogP) is 4.29. The molecular formula is C24H29NO6. The fourth-order valence-electron chi connectivity index (χ4n) is 2.74. The third-order valence-corrected chi connectivity index (χ3v) is 4.26. The van der Waals surface area contributed by atoms with Gasteiger partial charge in [0.1, 0.15) is 24.0 Å². The van der Waals surface area contributed by atoms with Crippen molar-refractivity contribution in [3.63, 3.8) is 0 Å². The van der Waals surface area contributed by atoms with E-state index in [-0.39, 0.29) is 18.6 Å². The summed E-state index contributed by atoms with van der Waals surface area (Å²) in [5, 5.41) is 2.46. The second-order valence-electron chi connectivity index (χ2n) is 7.98. The predicted molar refractivity (Wildman–Crippen MR) is 116 cm³/mol. The molecule has 0 radical (unpaired) electrons. The molecule has 0 heterocycles. The second kappa shape index (κ2) is 11.2. The van der Waals surface area contributed by atoms with E-state index in [1.165, 1.54) is 7.11 Å². The van der Waals surface area contributed by atoms with Crippen LogP contribution in [0.3, 0.4) is 0 Å². The number of hydrogen-bond acceptors (Lipinski definition) is 6. The lowest BCUT2D eigenvalue weighted by Gasteiger charge is -2.22. The number of alkyl carbamates (subject to hydrolysis) is 1. The van der Waals surface area contributed by atoms with Gasteiger partial charge < -0.3 is 19.5 Å². The van der Waals surface area contributed by atoms with Crippen molar-refractivity contribution in [1.82, 2.24) is 5.32 Å². The maximum atomic E-state index is 12.5. The Labute approximate surface area is 182 Å². The summed E-state index contributed by atoms with van der Waals surface area (Å²) in [5.41, 5.74) is 0.840. The zero-order valence-electron chi connectivity index (χ0n) is 18.3. The van der Waals surface area contributed by atoms with Crippen LogP contribution < -0.4 is 10.1 Å². The van der Waals surface area contributed by atoms with E-state index in [0.717, 1.165) is 5.56 Å². The molecule has 1 amide bonds. The van der Waals surface area contributed by atoms with Crippen LogP contribution in [0, 0.1) is 0 Å². The minimum absolute atomic E-state index is 0.0553. The molecule has 1 N–H and O–H groups in total. The number of hydrogen-bond donors (Lipinski definition) is 1. The normalized spacial score (nSPS) is 11.9. The van der Waals surface area contributed by atoms with E-state index < -0.39 is 23.7 Å². The summed E-state index contributed by atoms with van der Waals surface area (Å²) < 4.78 is 15.6. The van der Waals surface area contributed by atoms with Crippen LogP contribution in [0.25, 0.3) is 0 Å². The van der Waals surface area contributed by atoms with Gasteiger partial charge in [-0.3, -0.25) is 4.79 Å². The number of rotatable bonds is 9. The zero-order chi connectivity index (χ0) is 22.9. The molecule has 166 valence electrons. The Balaban J connectivity index is 1.89. The van der Waals surface area contributed by atoms with Crippen molar-refractivity contribution in [3.05, 3.63) is 65.7 Å².